The highest BCUT2D eigenvalue weighted by molar-refractivity contribution is 7.86. The number of carboxylic acid groups (broad SMARTS) is 1. The van der Waals surface area contributed by atoms with E-state index < -0.39 is 22.1 Å². The molecule has 0 aliphatic heterocycles. The number of carboxylic acids is 1. The van der Waals surface area contributed by atoms with Gasteiger partial charge in [-0.1, -0.05) is 17.7 Å². The van der Waals surface area contributed by atoms with Crippen LogP contribution in [0.15, 0.2) is 137 Å². The number of carbonyl (C=O) groups is 2. The van der Waals surface area contributed by atoms with Gasteiger partial charge in [0.05, 0.1) is 80.1 Å². The van der Waals surface area contributed by atoms with Crippen LogP contribution >= 0.6 is 0 Å². The van der Waals surface area contributed by atoms with E-state index >= 15 is 0 Å². The molecule has 7 N–H and O–H groups in total. The Morgan fingerprint density at radius 3 is 1.26 bits per heavy atom. The molecule has 0 atom stereocenters. The second kappa shape index (κ2) is 26.3. The number of esters is 1. The van der Waals surface area contributed by atoms with E-state index in [9.17, 15) is 32.4 Å². The Kier molecular flexibility index (Phi) is 16.6. The van der Waals surface area contributed by atoms with Gasteiger partial charge in [-0.15, -0.1) is 15.3 Å². The van der Waals surface area contributed by atoms with Gasteiger partial charge in [-0.3, -0.25) is 40.9 Å². The summed E-state index contributed by atoms with van der Waals surface area (Å²) in [6.45, 7) is 6.35. The van der Waals surface area contributed by atoms with E-state index in [2.05, 4.69) is 55.4 Å². The maximum absolute atomic E-state index is 13.5. The van der Waals surface area contributed by atoms with Gasteiger partial charge in [-0.2, -0.15) is 47.1 Å². The molecule has 3 aliphatic rings. The Morgan fingerprint density at radius 2 is 0.904 bits per heavy atom. The van der Waals surface area contributed by atoms with Gasteiger partial charge in [0.15, 0.2) is 51.2 Å². The van der Waals surface area contributed by atoms with E-state index in [1.807, 2.05) is 6.92 Å². The van der Waals surface area contributed by atoms with Crippen LogP contribution in [0, 0.1) is 24.7 Å². The zero-order valence-electron chi connectivity index (χ0n) is 55.7. The maximum atomic E-state index is 13.5. The van der Waals surface area contributed by atoms with Crippen LogP contribution in [0.25, 0.3) is 85.2 Å². The Balaban J connectivity index is 0.000000120. The molecular weight excluding hydrogens is 1370 g/mol. The number of nitrogen functional groups attached to an aromatic ring is 3. The van der Waals surface area contributed by atoms with Crippen molar-refractivity contribution in [1.82, 2.24) is 106 Å². The quantitative estimate of drug-likeness (QED) is 0.0490. The second-order valence-electron chi connectivity index (χ2n) is 25.4. The monoisotopic (exact) mass is 1440 g/mol. The van der Waals surface area contributed by atoms with Crippen molar-refractivity contribution in [2.75, 3.05) is 30.4 Å². The summed E-state index contributed by atoms with van der Waals surface area (Å²) in [6, 6.07) is 16.8. The third-order valence-corrected chi connectivity index (χ3v) is 19.3. The summed E-state index contributed by atoms with van der Waals surface area (Å²) in [5.74, 6) is 2.43. The molecule has 1 aromatic carbocycles. The summed E-state index contributed by atoms with van der Waals surface area (Å²) in [5, 5.41) is 30.7. The molecule has 14 aromatic heterocycles. The number of ether oxygens (including phenoxy) is 1. The number of fused-ring (bicyclic) bond motifs is 9. The molecule has 3 saturated carbocycles. The predicted octanol–water partition coefficient (Wildman–Crippen LogP) is 4.86. The van der Waals surface area contributed by atoms with E-state index in [-0.39, 0.29) is 84.8 Å². The normalized spacial score (nSPS) is 14.0. The van der Waals surface area contributed by atoms with Crippen LogP contribution in [0.5, 0.6) is 0 Å². The second-order valence-corrected chi connectivity index (χ2v) is 27.0. The van der Waals surface area contributed by atoms with Crippen molar-refractivity contribution in [2.24, 2.45) is 17.8 Å². The molecule has 39 heteroatoms. The average Bonchev–Trinajstić information content (AvgIpc) is 1.59. The van der Waals surface area contributed by atoms with Gasteiger partial charge in [0, 0.05) is 45.1 Å². The summed E-state index contributed by atoms with van der Waals surface area (Å²) in [5.41, 5.74) is 23.2. The van der Waals surface area contributed by atoms with Crippen molar-refractivity contribution in [1.29, 1.82) is 0 Å². The molecule has 534 valence electrons. The lowest BCUT2D eigenvalue weighted by Gasteiger charge is -2.07. The maximum Gasteiger partial charge on any atom is 0.341 e. The molecule has 0 bridgehead atoms. The molecule has 18 rings (SSSR count). The first-order valence-corrected chi connectivity index (χ1v) is 34.7. The van der Waals surface area contributed by atoms with Gasteiger partial charge in [-0.05, 0) is 119 Å². The Morgan fingerprint density at radius 1 is 0.519 bits per heavy atom. The molecule has 104 heavy (non-hydrogen) atoms. The predicted molar refractivity (Wildman–Crippen MR) is 368 cm³/mol. The highest BCUT2D eigenvalue weighted by Crippen LogP contribution is 2.36. The van der Waals surface area contributed by atoms with Crippen molar-refractivity contribution < 1.29 is 45.3 Å². The van der Waals surface area contributed by atoms with Gasteiger partial charge in [0.1, 0.15) is 16.6 Å². The number of hydrogen-bond acceptors (Lipinski definition) is 26. The lowest BCUT2D eigenvalue weighted by Crippen LogP contribution is -2.27. The smallest absolute Gasteiger partial charge is 0.341 e. The van der Waals surface area contributed by atoms with Crippen molar-refractivity contribution in [3.8, 4) is 34.8 Å². The summed E-state index contributed by atoms with van der Waals surface area (Å²) in [4.78, 5) is 90.8. The number of carbonyl (C=O) groups excluding carboxylic acids is 1. The first kappa shape index (κ1) is 65.8. The van der Waals surface area contributed by atoms with Crippen LogP contribution in [-0.4, -0.2) is 144 Å². The molecule has 0 amide bonds. The van der Waals surface area contributed by atoms with E-state index in [1.165, 1.54) is 70.6 Å². The van der Waals surface area contributed by atoms with E-state index in [1.54, 1.807) is 90.9 Å². The summed E-state index contributed by atoms with van der Waals surface area (Å²) < 4.78 is 68.5. The van der Waals surface area contributed by atoms with E-state index in [0.717, 1.165) is 44.1 Å². The summed E-state index contributed by atoms with van der Waals surface area (Å²) in [6.07, 6.45) is 16.7. The number of aromatic carboxylic acids is 1. The highest BCUT2D eigenvalue weighted by atomic mass is 32.2. The lowest BCUT2D eigenvalue weighted by atomic mass is 10.2. The SMILES string of the molecule is CCOC(=O)c1cnn(CCn2c(=O)n(CC3CC3)c3c2nc(N)n2nc(-c4ccco4)nc32)c1.Cc1ccc(S(=O)(=O)OCCn2c(=O)n(CC3CC3)c3c2nc(N)n2nc(-c4ccco4)nc32)cc1.Nc1nc2c(c3nc(-c4ccco4)nn13)n(CC1CC1)c(=O)n2CCn1cc(C(=O)O)cn1. The van der Waals surface area contributed by atoms with Gasteiger partial charge in [0.2, 0.25) is 35.3 Å². The largest absolute Gasteiger partial charge is 0.478 e. The van der Waals surface area contributed by atoms with Gasteiger partial charge in [0.25, 0.3) is 10.1 Å². The number of furan rings is 3. The standard InChI is InChI=1S/C23H23N7O5S.C22H23N9O4.C20H19N9O4/c1-14-4-8-16(9-5-14)36(32,33)35-12-10-28-20-18(29(23(28)31)13-15-6-7-15)21-25-19(17-3-2-11-34-17)27-30(21)22(24)26-20;1-2-34-20(32)14-10-24-28(12-14)7-8-29-18-16(30(22(29)33)11-13-5-6-13)19-25-17(15-4-3-9-35-15)27-31(19)21(23)26-18;21-19-24-16-14(17-23-15(25-29(17)19)13-2-1-7-33-13)28(9-11-3-4-11)20(32)27(16)6-5-26-10-12(8-22-26)18(30)31/h2-5,8-9,11,15H,6-7,10,12-13H2,1H3,(H2,24,26);3-4,9-10,12-13H,2,5-8,11H2,1H3,(H2,23,26);1-2,7-8,10-11H,3-6,9H2,(H2,21,24)(H,30,31). The fourth-order valence-corrected chi connectivity index (χ4v) is 13.1. The third-order valence-electron chi connectivity index (χ3n) is 18.0. The Hall–Kier alpha value is -12.8. The first-order chi connectivity index (χ1) is 50.3. The van der Waals surface area contributed by atoms with Crippen LogP contribution in [-0.2, 0) is 71.4 Å². The molecule has 15 aromatic rings. The van der Waals surface area contributed by atoms with Gasteiger partial charge < -0.3 is 40.3 Å². The third kappa shape index (κ3) is 12.5. The summed E-state index contributed by atoms with van der Waals surface area (Å²) >= 11 is 0. The van der Waals surface area contributed by atoms with Crippen molar-refractivity contribution in [2.45, 2.75) is 110 Å². The van der Waals surface area contributed by atoms with Gasteiger partial charge >= 0.3 is 29.0 Å². The van der Waals surface area contributed by atoms with Crippen LogP contribution < -0.4 is 34.3 Å². The zero-order valence-corrected chi connectivity index (χ0v) is 56.5. The van der Waals surface area contributed by atoms with Crippen LogP contribution in [0.3, 0.4) is 0 Å². The number of nitrogens with two attached hydrogens (primary N) is 3. The molecule has 0 unspecified atom stereocenters. The average molecular weight is 1440 g/mol. The fourth-order valence-electron chi connectivity index (χ4n) is 12.2. The van der Waals surface area contributed by atoms with E-state index in [0.29, 0.717) is 135 Å². The molecule has 14 heterocycles. The summed E-state index contributed by atoms with van der Waals surface area (Å²) in [7, 11) is -3.98. The molecule has 3 fully saturated rings. The van der Waals surface area contributed by atoms with Gasteiger partial charge in [-0.25, -0.2) is 38.9 Å². The lowest BCUT2D eigenvalue weighted by molar-refractivity contribution is 0.0525. The fraction of sp³-hybridized carbons (Fsp3) is 0.323. The number of aromatic nitrogens is 22. The topological polar surface area (TPSA) is 470 Å². The minimum absolute atomic E-state index is 0.0355. The molecular formula is C65H65N25O13S. The van der Waals surface area contributed by atoms with E-state index in [4.69, 9.17) is 44.5 Å². The molecule has 38 nitrogen and oxygen atoms in total. The van der Waals surface area contributed by atoms with Crippen molar-refractivity contribution in [3.63, 3.8) is 0 Å². The van der Waals surface area contributed by atoms with Crippen molar-refractivity contribution >= 4 is 90.3 Å². The number of imidazole rings is 3. The number of benzene rings is 1. The number of aryl methyl sites for hydroxylation is 5. The Labute approximate surface area is 583 Å². The highest BCUT2D eigenvalue weighted by Gasteiger charge is 2.33. The number of anilines is 3. The Bertz CT molecular complexity index is 6090. The number of rotatable bonds is 23. The molecule has 0 radical (unpaired) electrons. The zero-order chi connectivity index (χ0) is 71.8. The molecule has 0 spiro atoms. The van der Waals surface area contributed by atoms with Crippen LogP contribution in [0.4, 0.5) is 17.8 Å². The molecule has 3 aliphatic carbocycles. The molecule has 0 saturated heterocycles. The minimum Gasteiger partial charge on any atom is -0.478 e. The van der Waals surface area contributed by atoms with Crippen LogP contribution in [0.1, 0.15) is 71.7 Å². The minimum atomic E-state index is -3.98. The first-order valence-electron chi connectivity index (χ1n) is 33.3. The van der Waals surface area contributed by atoms with Crippen molar-refractivity contribution in [3.05, 3.63) is 152 Å². The number of hydrogen-bond donors (Lipinski definition) is 4. The number of nitrogens with zero attached hydrogens (tertiary/aromatic N) is 22. The van der Waals surface area contributed by atoms with Crippen LogP contribution in [0.2, 0.25) is 0 Å².